The van der Waals surface area contributed by atoms with Crippen molar-refractivity contribution in [2.75, 3.05) is 13.1 Å². The minimum atomic E-state index is -0.317. The molecule has 0 aromatic heterocycles. The van der Waals surface area contributed by atoms with Crippen LogP contribution in [0.1, 0.15) is 32.1 Å². The highest BCUT2D eigenvalue weighted by molar-refractivity contribution is 6.25. The van der Waals surface area contributed by atoms with E-state index in [2.05, 4.69) is 15.4 Å². The van der Waals surface area contributed by atoms with Crippen molar-refractivity contribution in [3.05, 3.63) is 0 Å². The van der Waals surface area contributed by atoms with Crippen LogP contribution >= 0.6 is 0 Å². The molecule has 18 heavy (non-hydrogen) atoms. The fourth-order valence-corrected chi connectivity index (χ4v) is 4.39. The molecule has 0 unspecified atom stereocenters. The van der Waals surface area contributed by atoms with E-state index in [1.807, 2.05) is 0 Å². The van der Waals surface area contributed by atoms with Gasteiger partial charge in [0.1, 0.15) is 6.21 Å². The number of carbonyl (C=O) groups is 1. The number of nitrogens with zero attached hydrogens (tertiary/aromatic N) is 2. The molecule has 4 rings (SSSR count). The lowest BCUT2D eigenvalue weighted by molar-refractivity contribution is -0.115. The molecular formula is C13H21N3O2. The van der Waals surface area contributed by atoms with Gasteiger partial charge in [0.05, 0.1) is 0 Å². The molecule has 2 saturated carbocycles. The van der Waals surface area contributed by atoms with Gasteiger partial charge in [-0.05, 0) is 43.9 Å². The smallest absolute Gasteiger partial charge is 0.265 e. The zero-order chi connectivity index (χ0) is 12.5. The first-order valence-corrected chi connectivity index (χ1v) is 6.97. The van der Waals surface area contributed by atoms with Gasteiger partial charge in [0, 0.05) is 25.2 Å². The molecule has 2 saturated heterocycles. The molecule has 2 aliphatic heterocycles. The Balaban J connectivity index is 1.50. The Bertz CT molecular complexity index is 328. The first-order valence-electron chi connectivity index (χ1n) is 6.97. The molecule has 0 spiro atoms. The highest BCUT2D eigenvalue weighted by atomic mass is 16.4. The van der Waals surface area contributed by atoms with Crippen LogP contribution in [0.3, 0.4) is 0 Å². The van der Waals surface area contributed by atoms with Crippen molar-refractivity contribution in [1.82, 2.24) is 10.2 Å². The largest absolute Gasteiger partial charge is 0.411 e. The lowest BCUT2D eigenvalue weighted by Gasteiger charge is -2.56. The normalized spacial score (nSPS) is 38.4. The van der Waals surface area contributed by atoms with E-state index in [4.69, 9.17) is 5.21 Å². The van der Waals surface area contributed by atoms with Crippen molar-refractivity contribution in [1.29, 1.82) is 0 Å². The summed E-state index contributed by atoms with van der Waals surface area (Å²) in [6, 6.07) is 1.51. The molecule has 2 aliphatic carbocycles. The van der Waals surface area contributed by atoms with Crippen LogP contribution in [-0.4, -0.2) is 47.4 Å². The van der Waals surface area contributed by atoms with Gasteiger partial charge in [-0.3, -0.25) is 9.69 Å². The molecule has 0 aromatic rings. The summed E-state index contributed by atoms with van der Waals surface area (Å²) in [5, 5.41) is 13.7. The van der Waals surface area contributed by atoms with Crippen LogP contribution in [0.4, 0.5) is 0 Å². The first-order chi connectivity index (χ1) is 8.76. The number of piperidine rings is 2. The van der Waals surface area contributed by atoms with Gasteiger partial charge in [-0.15, -0.1) is 0 Å². The van der Waals surface area contributed by atoms with E-state index in [-0.39, 0.29) is 5.91 Å². The lowest BCUT2D eigenvalue weighted by atomic mass is 9.63. The van der Waals surface area contributed by atoms with Crippen LogP contribution in [0.25, 0.3) is 0 Å². The van der Waals surface area contributed by atoms with Crippen LogP contribution in [0.5, 0.6) is 0 Å². The number of nitrogens with one attached hydrogen (secondary N) is 1. The summed E-state index contributed by atoms with van der Waals surface area (Å²) in [7, 11) is 0. The average molecular weight is 251 g/mol. The van der Waals surface area contributed by atoms with Gasteiger partial charge in [-0.1, -0.05) is 5.16 Å². The molecule has 100 valence electrons. The Morgan fingerprint density at radius 3 is 2.39 bits per heavy atom. The van der Waals surface area contributed by atoms with Crippen LogP contribution in [0.2, 0.25) is 0 Å². The van der Waals surface area contributed by atoms with E-state index < -0.39 is 0 Å². The summed E-state index contributed by atoms with van der Waals surface area (Å²) in [6.45, 7) is 1.58. The Labute approximate surface area is 107 Å². The number of hydrogen-bond donors (Lipinski definition) is 2. The zero-order valence-electron chi connectivity index (χ0n) is 10.6. The summed E-state index contributed by atoms with van der Waals surface area (Å²) < 4.78 is 0. The molecule has 2 N–H and O–H groups in total. The first kappa shape index (κ1) is 12.0. The minimum Gasteiger partial charge on any atom is -0.411 e. The monoisotopic (exact) mass is 251 g/mol. The maximum atomic E-state index is 11.2. The SMILES string of the molecule is O=C(C=NO)NCCN1C2CC3CC(C2)CC1C3. The highest BCUT2D eigenvalue weighted by Crippen LogP contribution is 2.48. The van der Waals surface area contributed by atoms with Gasteiger partial charge in [0.2, 0.25) is 0 Å². The third-order valence-electron chi connectivity index (χ3n) is 4.87. The fraction of sp³-hybridized carbons (Fsp3) is 0.846. The number of hydrogen-bond acceptors (Lipinski definition) is 4. The number of carbonyl (C=O) groups excluding carboxylic acids is 1. The van der Waals surface area contributed by atoms with Crippen LogP contribution in [0.15, 0.2) is 5.16 Å². The molecule has 5 nitrogen and oxygen atoms in total. The fourth-order valence-electron chi connectivity index (χ4n) is 4.39. The summed E-state index contributed by atoms with van der Waals surface area (Å²) in [5.41, 5.74) is 0. The van der Waals surface area contributed by atoms with Crippen LogP contribution in [-0.2, 0) is 4.79 Å². The van der Waals surface area contributed by atoms with E-state index >= 15 is 0 Å². The molecule has 0 aromatic carbocycles. The van der Waals surface area contributed by atoms with Crippen molar-refractivity contribution in [2.24, 2.45) is 17.0 Å². The van der Waals surface area contributed by atoms with E-state index in [0.717, 1.165) is 36.7 Å². The second-order valence-corrected chi connectivity index (χ2v) is 5.99. The molecule has 0 atom stereocenters. The quantitative estimate of drug-likeness (QED) is 0.442. The maximum Gasteiger partial charge on any atom is 0.265 e. The van der Waals surface area contributed by atoms with Crippen LogP contribution in [0, 0.1) is 11.8 Å². The Morgan fingerprint density at radius 1 is 1.22 bits per heavy atom. The van der Waals surface area contributed by atoms with Gasteiger partial charge in [0.25, 0.3) is 5.91 Å². The summed E-state index contributed by atoms with van der Waals surface area (Å²) in [6.07, 6.45) is 7.81. The van der Waals surface area contributed by atoms with Gasteiger partial charge < -0.3 is 10.5 Å². The van der Waals surface area contributed by atoms with Crippen molar-refractivity contribution in [3.8, 4) is 0 Å². The minimum absolute atomic E-state index is 0.317. The van der Waals surface area contributed by atoms with Crippen LogP contribution < -0.4 is 5.32 Å². The van der Waals surface area contributed by atoms with E-state index in [9.17, 15) is 4.79 Å². The number of rotatable bonds is 4. The zero-order valence-corrected chi connectivity index (χ0v) is 10.6. The third kappa shape index (κ3) is 2.23. The van der Waals surface area contributed by atoms with Gasteiger partial charge in [0.15, 0.2) is 0 Å². The standard InChI is InChI=1S/C13H21N3O2/c17-13(8-15-18)14-1-2-16-11-4-9-3-10(6-11)7-12(16)5-9/h8-12,18H,1-7H2,(H,14,17). The molecule has 5 heteroatoms. The van der Waals surface area contributed by atoms with Gasteiger partial charge in [-0.25, -0.2) is 0 Å². The van der Waals surface area contributed by atoms with Crippen molar-refractivity contribution >= 4 is 12.1 Å². The molecule has 4 bridgehead atoms. The Kier molecular flexibility index (Phi) is 3.24. The summed E-state index contributed by atoms with van der Waals surface area (Å²) in [4.78, 5) is 13.8. The predicted molar refractivity (Wildman–Crippen MR) is 67.6 cm³/mol. The van der Waals surface area contributed by atoms with E-state index in [1.54, 1.807) is 0 Å². The number of amides is 1. The average Bonchev–Trinajstić information content (AvgIpc) is 2.32. The Hall–Kier alpha value is -1.10. The molecular weight excluding hydrogens is 230 g/mol. The van der Waals surface area contributed by atoms with E-state index in [0.29, 0.717) is 6.54 Å². The predicted octanol–water partition coefficient (Wildman–Crippen LogP) is 0.825. The maximum absolute atomic E-state index is 11.2. The molecule has 1 amide bonds. The summed E-state index contributed by atoms with van der Waals surface area (Å²) in [5.74, 6) is 1.63. The topological polar surface area (TPSA) is 64.9 Å². The second kappa shape index (κ2) is 4.88. The van der Waals surface area contributed by atoms with E-state index in [1.165, 1.54) is 32.1 Å². The number of oxime groups is 1. The van der Waals surface area contributed by atoms with Gasteiger partial charge in [-0.2, -0.15) is 0 Å². The van der Waals surface area contributed by atoms with Crippen molar-refractivity contribution in [2.45, 2.75) is 44.2 Å². The van der Waals surface area contributed by atoms with Gasteiger partial charge >= 0.3 is 0 Å². The molecule has 2 heterocycles. The highest BCUT2D eigenvalue weighted by Gasteiger charge is 2.46. The Morgan fingerprint density at radius 2 is 1.83 bits per heavy atom. The third-order valence-corrected chi connectivity index (χ3v) is 4.87. The van der Waals surface area contributed by atoms with Crippen molar-refractivity contribution in [3.63, 3.8) is 0 Å². The second-order valence-electron chi connectivity index (χ2n) is 5.99. The summed E-state index contributed by atoms with van der Waals surface area (Å²) >= 11 is 0. The molecule has 4 aliphatic rings. The molecule has 4 fully saturated rings. The van der Waals surface area contributed by atoms with Crippen molar-refractivity contribution < 1.29 is 10.0 Å². The molecule has 0 radical (unpaired) electrons. The lowest BCUT2D eigenvalue weighted by Crippen LogP contribution is -2.59.